The van der Waals surface area contributed by atoms with Crippen LogP contribution in [0.4, 0.5) is 0 Å². The molecule has 1 N–H and O–H groups in total. The van der Waals surface area contributed by atoms with Gasteiger partial charge in [0.1, 0.15) is 11.9 Å². The molecular weight excluding hydrogens is 330 g/mol. The van der Waals surface area contributed by atoms with Gasteiger partial charge in [-0.25, -0.2) is 0 Å². The minimum Gasteiger partial charge on any atom is -0.488 e. The second-order valence-electron chi connectivity index (χ2n) is 6.34. The molecule has 0 aliphatic carbocycles. The summed E-state index contributed by atoms with van der Waals surface area (Å²) in [5.74, 6) is 1.07. The Morgan fingerprint density at radius 3 is 2.71 bits per heavy atom. The molecule has 1 atom stereocenters. The van der Waals surface area contributed by atoms with Gasteiger partial charge in [-0.05, 0) is 23.8 Å². The molecule has 114 valence electrons. The molecule has 0 radical (unpaired) electrons. The van der Waals surface area contributed by atoms with E-state index in [4.69, 9.17) is 4.74 Å². The maximum atomic E-state index is 6.09. The highest BCUT2D eigenvalue weighted by molar-refractivity contribution is 9.10. The van der Waals surface area contributed by atoms with Crippen LogP contribution in [0.5, 0.6) is 5.75 Å². The van der Waals surface area contributed by atoms with E-state index in [9.17, 15) is 0 Å². The van der Waals surface area contributed by atoms with Gasteiger partial charge < -0.3 is 10.1 Å². The number of fused-ring (bicyclic) bond motifs is 1. The van der Waals surface area contributed by atoms with Crippen LogP contribution in [0.15, 0.2) is 22.7 Å². The quantitative estimate of drug-likeness (QED) is 0.889. The number of hydrogen-bond acceptors (Lipinski definition) is 4. The van der Waals surface area contributed by atoms with Crippen molar-refractivity contribution in [3.8, 4) is 5.75 Å². The van der Waals surface area contributed by atoms with Crippen molar-refractivity contribution >= 4 is 15.9 Å². The molecule has 21 heavy (non-hydrogen) atoms. The third kappa shape index (κ3) is 2.97. The van der Waals surface area contributed by atoms with Crippen LogP contribution in [-0.2, 0) is 6.42 Å². The van der Waals surface area contributed by atoms with E-state index in [0.717, 1.165) is 29.2 Å². The van der Waals surface area contributed by atoms with Gasteiger partial charge in [0.2, 0.25) is 0 Å². The summed E-state index contributed by atoms with van der Waals surface area (Å²) in [7, 11) is 0. The molecule has 0 saturated carbocycles. The van der Waals surface area contributed by atoms with Crippen LogP contribution < -0.4 is 10.1 Å². The first-order valence-corrected chi connectivity index (χ1v) is 8.69. The number of rotatable bonds is 3. The van der Waals surface area contributed by atoms with Gasteiger partial charge in [0.15, 0.2) is 0 Å². The fourth-order valence-corrected chi connectivity index (χ4v) is 3.93. The Bertz CT molecular complexity index is 512. The summed E-state index contributed by atoms with van der Waals surface area (Å²) in [5, 5.41) is 3.36. The molecule has 0 bridgehead atoms. The lowest BCUT2D eigenvalue weighted by Crippen LogP contribution is -2.62. The topological polar surface area (TPSA) is 27.7 Å². The van der Waals surface area contributed by atoms with Crippen LogP contribution in [0.25, 0.3) is 0 Å². The van der Waals surface area contributed by atoms with E-state index < -0.39 is 0 Å². The summed E-state index contributed by atoms with van der Waals surface area (Å²) in [6, 6.07) is 7.13. The van der Waals surface area contributed by atoms with Crippen molar-refractivity contribution in [3.05, 3.63) is 28.2 Å². The summed E-state index contributed by atoms with van der Waals surface area (Å²) in [4.78, 5) is 5.20. The average molecular weight is 352 g/mol. The van der Waals surface area contributed by atoms with Gasteiger partial charge in [-0.3, -0.25) is 9.80 Å². The van der Waals surface area contributed by atoms with Gasteiger partial charge in [0.05, 0.1) is 0 Å². The van der Waals surface area contributed by atoms with Crippen LogP contribution >= 0.6 is 15.9 Å². The van der Waals surface area contributed by atoms with E-state index in [1.54, 1.807) is 0 Å². The van der Waals surface area contributed by atoms with Crippen LogP contribution in [0.3, 0.4) is 0 Å². The van der Waals surface area contributed by atoms with Gasteiger partial charge >= 0.3 is 0 Å². The normalized spacial score (nSPS) is 27.2. The van der Waals surface area contributed by atoms with Gasteiger partial charge in [0.25, 0.3) is 0 Å². The van der Waals surface area contributed by atoms with E-state index in [1.165, 1.54) is 44.8 Å². The average Bonchev–Trinajstić information content (AvgIpc) is 2.80. The number of hydrogen-bond donors (Lipinski definition) is 1. The van der Waals surface area contributed by atoms with Crippen molar-refractivity contribution < 1.29 is 4.74 Å². The Morgan fingerprint density at radius 2 is 2.00 bits per heavy atom. The Hall–Kier alpha value is -0.620. The second kappa shape index (κ2) is 5.88. The van der Waals surface area contributed by atoms with Gasteiger partial charge in [0, 0.05) is 62.7 Å². The molecule has 3 heterocycles. The first-order valence-electron chi connectivity index (χ1n) is 7.90. The van der Waals surface area contributed by atoms with Crippen molar-refractivity contribution in [2.75, 3.05) is 45.8 Å². The highest BCUT2D eigenvalue weighted by Crippen LogP contribution is 2.31. The van der Waals surface area contributed by atoms with Crippen LogP contribution in [0.1, 0.15) is 5.56 Å². The van der Waals surface area contributed by atoms with E-state index >= 15 is 0 Å². The number of nitrogens with one attached hydrogen (secondary N) is 1. The predicted octanol–water partition coefficient (Wildman–Crippen LogP) is 1.34. The molecule has 4 nitrogen and oxygen atoms in total. The minimum atomic E-state index is 0.325. The minimum absolute atomic E-state index is 0.325. The van der Waals surface area contributed by atoms with Crippen molar-refractivity contribution in [2.45, 2.75) is 18.6 Å². The smallest absolute Gasteiger partial charge is 0.123 e. The van der Waals surface area contributed by atoms with Gasteiger partial charge in [-0.2, -0.15) is 0 Å². The highest BCUT2D eigenvalue weighted by atomic mass is 79.9. The number of benzene rings is 1. The first kappa shape index (κ1) is 14.0. The maximum absolute atomic E-state index is 6.09. The number of piperazine rings is 1. The Morgan fingerprint density at radius 1 is 1.19 bits per heavy atom. The zero-order chi connectivity index (χ0) is 14.2. The lowest BCUT2D eigenvalue weighted by atomic mass is 10.1. The number of halogens is 1. The molecule has 2 fully saturated rings. The molecule has 2 saturated heterocycles. The zero-order valence-corrected chi connectivity index (χ0v) is 13.8. The largest absolute Gasteiger partial charge is 0.488 e. The van der Waals surface area contributed by atoms with Gasteiger partial charge in [-0.15, -0.1) is 0 Å². The summed E-state index contributed by atoms with van der Waals surface area (Å²) in [6.45, 7) is 8.18. The van der Waals surface area contributed by atoms with Crippen molar-refractivity contribution in [1.82, 2.24) is 15.1 Å². The summed E-state index contributed by atoms with van der Waals surface area (Å²) >= 11 is 3.54. The molecule has 1 unspecified atom stereocenters. The molecule has 1 aromatic carbocycles. The third-order valence-electron chi connectivity index (χ3n) is 4.91. The van der Waals surface area contributed by atoms with E-state index in [-0.39, 0.29) is 0 Å². The summed E-state index contributed by atoms with van der Waals surface area (Å²) in [5.41, 5.74) is 1.34. The molecule has 3 aliphatic rings. The summed E-state index contributed by atoms with van der Waals surface area (Å²) in [6.07, 6.45) is 1.37. The fourth-order valence-electron chi connectivity index (χ4n) is 3.52. The van der Waals surface area contributed by atoms with Crippen molar-refractivity contribution in [1.29, 1.82) is 0 Å². The molecule has 3 aliphatic heterocycles. The third-order valence-corrected chi connectivity index (χ3v) is 5.40. The molecule has 0 spiro atoms. The van der Waals surface area contributed by atoms with Crippen molar-refractivity contribution in [3.63, 3.8) is 0 Å². The van der Waals surface area contributed by atoms with Gasteiger partial charge in [-0.1, -0.05) is 15.9 Å². The molecule has 1 aromatic rings. The molecule has 5 heteroatoms. The molecule has 0 amide bonds. The van der Waals surface area contributed by atoms with Crippen LogP contribution in [0, 0.1) is 0 Å². The SMILES string of the molecule is Brc1ccc2c(c1)CC(CN1CCN(C3CNC3)CC1)O2. The second-order valence-corrected chi connectivity index (χ2v) is 7.26. The van der Waals surface area contributed by atoms with Crippen molar-refractivity contribution in [2.24, 2.45) is 0 Å². The lowest BCUT2D eigenvalue weighted by molar-refractivity contribution is 0.0544. The van der Waals surface area contributed by atoms with E-state index in [2.05, 4.69) is 49.2 Å². The Kier molecular flexibility index (Phi) is 3.92. The number of ether oxygens (including phenoxy) is 1. The molecular formula is C16H22BrN3O. The maximum Gasteiger partial charge on any atom is 0.123 e. The van der Waals surface area contributed by atoms with E-state index in [0.29, 0.717) is 6.10 Å². The Labute approximate surface area is 134 Å². The lowest BCUT2D eigenvalue weighted by Gasteiger charge is -2.43. The Balaban J connectivity index is 1.28. The molecule has 0 aromatic heterocycles. The van der Waals surface area contributed by atoms with Crippen LogP contribution in [-0.4, -0.2) is 67.8 Å². The highest BCUT2D eigenvalue weighted by Gasteiger charge is 2.30. The fraction of sp³-hybridized carbons (Fsp3) is 0.625. The predicted molar refractivity (Wildman–Crippen MR) is 86.9 cm³/mol. The monoisotopic (exact) mass is 351 g/mol. The summed E-state index contributed by atoms with van der Waals surface area (Å²) < 4.78 is 7.23. The van der Waals surface area contributed by atoms with E-state index in [1.807, 2.05) is 0 Å². The van der Waals surface area contributed by atoms with Crippen LogP contribution in [0.2, 0.25) is 0 Å². The first-order chi connectivity index (χ1) is 10.3. The molecule has 4 rings (SSSR count). The zero-order valence-electron chi connectivity index (χ0n) is 12.2. The number of nitrogens with zero attached hydrogens (tertiary/aromatic N) is 2. The standard InChI is InChI=1S/C16H22BrN3O/c17-13-1-2-16-12(7-13)8-15(21-16)11-19-3-5-20(6-4-19)14-9-18-10-14/h1-2,7,14-15,18H,3-6,8-11H2.